The average Bonchev–Trinajstić information content (AvgIpc) is 2.32. The third-order valence-electron chi connectivity index (χ3n) is 3.21. The first-order chi connectivity index (χ1) is 8.00. The Bertz CT molecular complexity index is 350. The van der Waals surface area contributed by atoms with Gasteiger partial charge in [0.1, 0.15) is 5.75 Å². The van der Waals surface area contributed by atoms with E-state index < -0.39 is 5.60 Å². The molecule has 3 nitrogen and oxygen atoms in total. The fraction of sp³-hybridized carbons (Fsp3) is 0.571. The predicted octanol–water partition coefficient (Wildman–Crippen LogP) is 2.59. The highest BCUT2D eigenvalue weighted by Gasteiger charge is 2.20. The van der Waals surface area contributed by atoms with Crippen molar-refractivity contribution in [2.75, 3.05) is 6.54 Å². The van der Waals surface area contributed by atoms with E-state index in [1.165, 1.54) is 0 Å². The minimum Gasteiger partial charge on any atom is -0.508 e. The number of para-hydroxylation sites is 1. The zero-order valence-corrected chi connectivity index (χ0v) is 10.9. The highest BCUT2D eigenvalue weighted by molar-refractivity contribution is 5.34. The molecule has 0 saturated carbocycles. The standard InChI is InChI=1S/C14H23NO2/c1-4-12(15-10-14(3,17)5-2)11-8-6-7-9-13(11)16/h6-9,12,15-17H,4-5,10H2,1-3H3. The molecule has 0 aliphatic carbocycles. The molecule has 96 valence electrons. The molecule has 3 N–H and O–H groups in total. The van der Waals surface area contributed by atoms with E-state index in [1.807, 2.05) is 32.0 Å². The number of aliphatic hydroxyl groups is 1. The minimum atomic E-state index is -0.697. The summed E-state index contributed by atoms with van der Waals surface area (Å²) in [5.74, 6) is 0.308. The van der Waals surface area contributed by atoms with Gasteiger partial charge in [-0.25, -0.2) is 0 Å². The molecule has 17 heavy (non-hydrogen) atoms. The maximum Gasteiger partial charge on any atom is 0.120 e. The fourth-order valence-corrected chi connectivity index (χ4v) is 1.72. The summed E-state index contributed by atoms with van der Waals surface area (Å²) in [6.45, 7) is 6.36. The van der Waals surface area contributed by atoms with Gasteiger partial charge < -0.3 is 15.5 Å². The minimum absolute atomic E-state index is 0.0780. The third-order valence-corrected chi connectivity index (χ3v) is 3.21. The molecule has 3 heteroatoms. The molecule has 0 aliphatic rings. The van der Waals surface area contributed by atoms with E-state index in [9.17, 15) is 10.2 Å². The molecule has 0 spiro atoms. The molecule has 0 bridgehead atoms. The molecule has 1 aromatic carbocycles. The number of rotatable bonds is 6. The molecule has 0 saturated heterocycles. The Morgan fingerprint density at radius 2 is 1.94 bits per heavy atom. The van der Waals surface area contributed by atoms with Crippen molar-refractivity contribution in [1.29, 1.82) is 0 Å². The van der Waals surface area contributed by atoms with Crippen molar-refractivity contribution in [3.05, 3.63) is 29.8 Å². The predicted molar refractivity (Wildman–Crippen MR) is 70.1 cm³/mol. The number of benzene rings is 1. The molecule has 0 fully saturated rings. The van der Waals surface area contributed by atoms with Crippen LogP contribution in [0.3, 0.4) is 0 Å². The Hall–Kier alpha value is -1.06. The van der Waals surface area contributed by atoms with Crippen molar-refractivity contribution >= 4 is 0 Å². The zero-order valence-electron chi connectivity index (χ0n) is 10.9. The molecule has 0 aliphatic heterocycles. The molecule has 2 atom stereocenters. The molecular weight excluding hydrogens is 214 g/mol. The molecular formula is C14H23NO2. The summed E-state index contributed by atoms with van der Waals surface area (Å²) in [5.41, 5.74) is 0.194. The lowest BCUT2D eigenvalue weighted by Gasteiger charge is -2.26. The van der Waals surface area contributed by atoms with Gasteiger partial charge in [-0.1, -0.05) is 32.0 Å². The molecule has 0 amide bonds. The SMILES string of the molecule is CCC(NCC(C)(O)CC)c1ccccc1O. The summed E-state index contributed by atoms with van der Waals surface area (Å²) < 4.78 is 0. The van der Waals surface area contributed by atoms with Gasteiger partial charge in [0.15, 0.2) is 0 Å². The highest BCUT2D eigenvalue weighted by Crippen LogP contribution is 2.26. The summed E-state index contributed by atoms with van der Waals surface area (Å²) >= 11 is 0. The van der Waals surface area contributed by atoms with Gasteiger partial charge in [0.25, 0.3) is 0 Å². The summed E-state index contributed by atoms with van der Waals surface area (Å²) in [5, 5.41) is 23.1. The lowest BCUT2D eigenvalue weighted by atomic mass is 10.00. The first-order valence-corrected chi connectivity index (χ1v) is 6.24. The van der Waals surface area contributed by atoms with E-state index in [4.69, 9.17) is 0 Å². The smallest absolute Gasteiger partial charge is 0.120 e. The molecule has 0 aromatic heterocycles. The second-order valence-corrected chi connectivity index (χ2v) is 4.75. The lowest BCUT2D eigenvalue weighted by molar-refractivity contribution is 0.0525. The van der Waals surface area contributed by atoms with Crippen molar-refractivity contribution in [3.63, 3.8) is 0 Å². The van der Waals surface area contributed by atoms with E-state index >= 15 is 0 Å². The molecule has 1 rings (SSSR count). The summed E-state index contributed by atoms with van der Waals surface area (Å²) in [6.07, 6.45) is 1.58. The largest absolute Gasteiger partial charge is 0.508 e. The maximum atomic E-state index is 9.96. The van der Waals surface area contributed by atoms with Gasteiger partial charge >= 0.3 is 0 Å². The average molecular weight is 237 g/mol. The van der Waals surface area contributed by atoms with Gasteiger partial charge in [-0.2, -0.15) is 0 Å². The van der Waals surface area contributed by atoms with E-state index in [2.05, 4.69) is 12.2 Å². The molecule has 2 unspecified atom stereocenters. The van der Waals surface area contributed by atoms with Gasteiger partial charge in [-0.05, 0) is 25.8 Å². The van der Waals surface area contributed by atoms with Crippen LogP contribution in [0, 0.1) is 0 Å². The van der Waals surface area contributed by atoms with Crippen LogP contribution in [-0.4, -0.2) is 22.4 Å². The van der Waals surface area contributed by atoms with Gasteiger partial charge in [0.2, 0.25) is 0 Å². The van der Waals surface area contributed by atoms with Gasteiger partial charge in [-0.3, -0.25) is 0 Å². The Balaban J connectivity index is 2.70. The molecule has 0 radical (unpaired) electrons. The monoisotopic (exact) mass is 237 g/mol. The van der Waals surface area contributed by atoms with E-state index in [0.29, 0.717) is 18.7 Å². The highest BCUT2D eigenvalue weighted by atomic mass is 16.3. The molecule has 0 heterocycles. The fourth-order valence-electron chi connectivity index (χ4n) is 1.72. The Kier molecular flexibility index (Phi) is 4.97. The number of hydrogen-bond donors (Lipinski definition) is 3. The Labute approximate surface area is 103 Å². The number of hydrogen-bond acceptors (Lipinski definition) is 3. The van der Waals surface area contributed by atoms with Crippen LogP contribution in [0.25, 0.3) is 0 Å². The summed E-state index contributed by atoms with van der Waals surface area (Å²) in [7, 11) is 0. The summed E-state index contributed by atoms with van der Waals surface area (Å²) in [4.78, 5) is 0. The third kappa shape index (κ3) is 4.02. The zero-order chi connectivity index (χ0) is 12.9. The maximum absolute atomic E-state index is 9.96. The number of phenolic OH excluding ortho intramolecular Hbond substituents is 1. The van der Waals surface area contributed by atoms with Crippen LogP contribution in [0.1, 0.15) is 45.2 Å². The van der Waals surface area contributed by atoms with Crippen LogP contribution in [0.5, 0.6) is 5.75 Å². The van der Waals surface area contributed by atoms with Crippen molar-refractivity contribution < 1.29 is 10.2 Å². The number of nitrogens with one attached hydrogen (secondary N) is 1. The second kappa shape index (κ2) is 6.03. The molecule has 1 aromatic rings. The van der Waals surface area contributed by atoms with E-state index in [-0.39, 0.29) is 6.04 Å². The van der Waals surface area contributed by atoms with Gasteiger partial charge in [0, 0.05) is 18.2 Å². The second-order valence-electron chi connectivity index (χ2n) is 4.75. The van der Waals surface area contributed by atoms with Crippen LogP contribution in [0.15, 0.2) is 24.3 Å². The first-order valence-electron chi connectivity index (χ1n) is 6.24. The van der Waals surface area contributed by atoms with Crippen LogP contribution < -0.4 is 5.32 Å². The van der Waals surface area contributed by atoms with E-state index in [1.54, 1.807) is 6.07 Å². The van der Waals surface area contributed by atoms with Gasteiger partial charge in [0.05, 0.1) is 5.60 Å². The van der Waals surface area contributed by atoms with Crippen LogP contribution >= 0.6 is 0 Å². The summed E-state index contributed by atoms with van der Waals surface area (Å²) in [6, 6.07) is 7.41. The van der Waals surface area contributed by atoms with Crippen molar-refractivity contribution in [3.8, 4) is 5.75 Å². The normalized spacial score (nSPS) is 16.5. The quantitative estimate of drug-likeness (QED) is 0.713. The lowest BCUT2D eigenvalue weighted by Crippen LogP contribution is -2.38. The van der Waals surface area contributed by atoms with Crippen LogP contribution in [0.4, 0.5) is 0 Å². The topological polar surface area (TPSA) is 52.5 Å². The Morgan fingerprint density at radius 3 is 2.47 bits per heavy atom. The van der Waals surface area contributed by atoms with Crippen molar-refractivity contribution in [2.45, 2.75) is 45.3 Å². The van der Waals surface area contributed by atoms with Crippen molar-refractivity contribution in [1.82, 2.24) is 5.32 Å². The van der Waals surface area contributed by atoms with Crippen molar-refractivity contribution in [2.24, 2.45) is 0 Å². The van der Waals surface area contributed by atoms with E-state index in [0.717, 1.165) is 12.0 Å². The van der Waals surface area contributed by atoms with Crippen LogP contribution in [-0.2, 0) is 0 Å². The first kappa shape index (κ1) is 14.0. The Morgan fingerprint density at radius 1 is 1.29 bits per heavy atom. The van der Waals surface area contributed by atoms with Crippen LogP contribution in [0.2, 0.25) is 0 Å². The number of phenols is 1. The van der Waals surface area contributed by atoms with Gasteiger partial charge in [-0.15, -0.1) is 0 Å². The number of aromatic hydroxyl groups is 1.